The number of rotatable bonds is 14. The lowest BCUT2D eigenvalue weighted by molar-refractivity contribution is -0.907. The van der Waals surface area contributed by atoms with Crippen LogP contribution in [0, 0.1) is 6.92 Å². The van der Waals surface area contributed by atoms with Crippen molar-refractivity contribution in [3.63, 3.8) is 0 Å². The summed E-state index contributed by atoms with van der Waals surface area (Å²) in [5.74, 6) is 0.805. The number of aryl methyl sites for hydroxylation is 1. The Labute approximate surface area is 185 Å². The van der Waals surface area contributed by atoms with Crippen LogP contribution in [0.15, 0.2) is 29.2 Å². The average Bonchev–Trinajstić information content (AvgIpc) is 2.66. The Kier molecular flexibility index (Phi) is 15.8. The number of hydrogen-bond acceptors (Lipinski definition) is 3. The molecule has 0 radical (unpaired) electrons. The van der Waals surface area contributed by atoms with Crippen molar-refractivity contribution in [1.29, 1.82) is 0 Å². The number of quaternary nitrogens is 1. The highest BCUT2D eigenvalue weighted by Crippen LogP contribution is 2.12. The van der Waals surface area contributed by atoms with Crippen LogP contribution in [0.5, 0.6) is 0 Å². The number of benzene rings is 1. The van der Waals surface area contributed by atoms with Gasteiger partial charge in [0.15, 0.2) is 0 Å². The van der Waals surface area contributed by atoms with E-state index in [-0.39, 0.29) is 4.90 Å². The number of halogens is 1. The van der Waals surface area contributed by atoms with Gasteiger partial charge in [0, 0.05) is 0 Å². The van der Waals surface area contributed by atoms with Gasteiger partial charge in [0.1, 0.15) is 10.1 Å². The maximum atomic E-state index is 10.4. The molecule has 0 bridgehead atoms. The van der Waals surface area contributed by atoms with Gasteiger partial charge in [-0.15, -0.1) is 11.6 Å². The largest absolute Gasteiger partial charge is 0.744 e. The van der Waals surface area contributed by atoms with Crippen molar-refractivity contribution in [1.82, 2.24) is 0 Å². The number of nitrogens with zero attached hydrogens (tertiary/aromatic N) is 1. The summed E-state index contributed by atoms with van der Waals surface area (Å²) in [6.07, 6.45) is 12.4. The zero-order valence-electron chi connectivity index (χ0n) is 19.0. The molecule has 1 atom stereocenters. The first-order valence-electron chi connectivity index (χ1n) is 11.1. The number of unbranched alkanes of at least 4 members (excludes halogenated alkanes) is 7. The second-order valence-corrected chi connectivity index (χ2v) is 9.98. The van der Waals surface area contributed by atoms with E-state index in [0.717, 1.165) is 18.0 Å². The molecule has 170 valence electrons. The second-order valence-electron chi connectivity index (χ2n) is 8.22. The first-order chi connectivity index (χ1) is 13.7. The third-order valence-corrected chi connectivity index (χ3v) is 6.31. The van der Waals surface area contributed by atoms with Crippen LogP contribution in [-0.4, -0.2) is 50.0 Å². The summed E-state index contributed by atoms with van der Waals surface area (Å²) in [5, 5.41) is 0. The molecule has 0 amide bonds. The minimum absolute atomic E-state index is 0.178. The van der Waals surface area contributed by atoms with Gasteiger partial charge in [-0.25, -0.2) is 8.42 Å². The lowest BCUT2D eigenvalue weighted by atomic mass is 10.1. The molecule has 0 spiro atoms. The van der Waals surface area contributed by atoms with Crippen molar-refractivity contribution in [2.75, 3.05) is 32.6 Å². The van der Waals surface area contributed by atoms with Crippen molar-refractivity contribution in [2.45, 2.75) is 83.5 Å². The molecule has 0 aliphatic heterocycles. The molecule has 0 aliphatic carbocycles. The van der Waals surface area contributed by atoms with E-state index in [2.05, 4.69) is 20.9 Å². The van der Waals surface area contributed by atoms with Crippen molar-refractivity contribution < 1.29 is 17.5 Å². The summed E-state index contributed by atoms with van der Waals surface area (Å²) in [4.78, 5) is -0.178. The SMILES string of the molecule is CCCCCCC[N+](C)(CCCl)CCCCCC.Cc1ccc(S(=O)(=O)[O-])cc1. The third-order valence-electron chi connectivity index (χ3n) is 5.29. The highest BCUT2D eigenvalue weighted by molar-refractivity contribution is 7.85. The van der Waals surface area contributed by atoms with Crippen LogP contribution in [0.25, 0.3) is 0 Å². The van der Waals surface area contributed by atoms with E-state index in [1.54, 1.807) is 12.1 Å². The Bertz CT molecular complexity index is 620. The first kappa shape index (κ1) is 28.4. The Morgan fingerprint density at radius 1 is 0.828 bits per heavy atom. The lowest BCUT2D eigenvalue weighted by Gasteiger charge is -2.34. The van der Waals surface area contributed by atoms with Gasteiger partial charge in [-0.05, 0) is 44.7 Å². The summed E-state index contributed by atoms with van der Waals surface area (Å²) in [6, 6.07) is 5.78. The van der Waals surface area contributed by atoms with Crippen LogP contribution in [0.4, 0.5) is 0 Å². The Morgan fingerprint density at radius 2 is 1.28 bits per heavy atom. The van der Waals surface area contributed by atoms with Gasteiger partial charge in [-0.3, -0.25) is 0 Å². The van der Waals surface area contributed by atoms with Crippen LogP contribution in [0.3, 0.4) is 0 Å². The zero-order valence-corrected chi connectivity index (χ0v) is 20.5. The molecule has 0 saturated carbocycles. The third kappa shape index (κ3) is 14.9. The van der Waals surface area contributed by atoms with E-state index in [1.165, 1.54) is 87.5 Å². The molecule has 0 N–H and O–H groups in total. The van der Waals surface area contributed by atoms with Crippen molar-refractivity contribution >= 4 is 21.7 Å². The average molecular weight is 448 g/mol. The van der Waals surface area contributed by atoms with E-state index in [4.69, 9.17) is 11.6 Å². The molecule has 4 nitrogen and oxygen atoms in total. The fourth-order valence-electron chi connectivity index (χ4n) is 3.26. The van der Waals surface area contributed by atoms with Crippen molar-refractivity contribution in [3.05, 3.63) is 29.8 Å². The highest BCUT2D eigenvalue weighted by Gasteiger charge is 2.19. The van der Waals surface area contributed by atoms with E-state index in [0.29, 0.717) is 0 Å². The lowest BCUT2D eigenvalue weighted by Crippen LogP contribution is -2.47. The fraction of sp³-hybridized carbons (Fsp3) is 0.739. The van der Waals surface area contributed by atoms with Crippen LogP contribution in [0.1, 0.15) is 77.2 Å². The molecule has 1 rings (SSSR count). The van der Waals surface area contributed by atoms with Crippen LogP contribution < -0.4 is 0 Å². The van der Waals surface area contributed by atoms with Crippen LogP contribution >= 0.6 is 11.6 Å². The molecule has 0 fully saturated rings. The Hall–Kier alpha value is -0.620. The monoisotopic (exact) mass is 447 g/mol. The Morgan fingerprint density at radius 3 is 1.69 bits per heavy atom. The standard InChI is InChI=1S/C16H35ClN.C7H8O3S/c1-4-6-8-10-12-15-18(3,16-13-17)14-11-9-7-5-2;1-6-2-4-7(5-3-6)11(8,9)10/h4-16H2,1-3H3;2-5H,1H3,(H,8,9,10)/q+1;/p-1. The first-order valence-corrected chi connectivity index (χ1v) is 13.0. The number of hydrogen-bond donors (Lipinski definition) is 0. The summed E-state index contributed by atoms with van der Waals surface area (Å²) in [5.41, 5.74) is 0.928. The van der Waals surface area contributed by atoms with Gasteiger partial charge in [-0.1, -0.05) is 63.6 Å². The molecule has 29 heavy (non-hydrogen) atoms. The van der Waals surface area contributed by atoms with Gasteiger partial charge in [0.05, 0.1) is 37.5 Å². The molecule has 6 heteroatoms. The van der Waals surface area contributed by atoms with E-state index < -0.39 is 10.1 Å². The summed E-state index contributed by atoms with van der Waals surface area (Å²) < 4.78 is 32.4. The highest BCUT2D eigenvalue weighted by atomic mass is 35.5. The van der Waals surface area contributed by atoms with Crippen LogP contribution in [0.2, 0.25) is 0 Å². The quantitative estimate of drug-likeness (QED) is 0.149. The molecule has 1 aromatic rings. The predicted octanol–water partition coefficient (Wildman–Crippen LogP) is 6.12. The minimum atomic E-state index is -4.27. The summed E-state index contributed by atoms with van der Waals surface area (Å²) in [7, 11) is -1.87. The number of alkyl halides is 1. The van der Waals surface area contributed by atoms with Crippen molar-refractivity contribution in [2.24, 2.45) is 0 Å². The van der Waals surface area contributed by atoms with Crippen LogP contribution in [-0.2, 0) is 10.1 Å². The van der Waals surface area contributed by atoms with Gasteiger partial charge in [0.25, 0.3) is 0 Å². The predicted molar refractivity (Wildman–Crippen MR) is 124 cm³/mol. The minimum Gasteiger partial charge on any atom is -0.744 e. The molecule has 0 aromatic heterocycles. The molecule has 0 saturated heterocycles. The zero-order chi connectivity index (χ0) is 22.2. The van der Waals surface area contributed by atoms with E-state index in [1.807, 2.05) is 6.92 Å². The molecule has 1 aromatic carbocycles. The molecular formula is C23H42ClNO3S. The van der Waals surface area contributed by atoms with Gasteiger partial charge in [-0.2, -0.15) is 0 Å². The summed E-state index contributed by atoms with van der Waals surface area (Å²) in [6.45, 7) is 10.2. The summed E-state index contributed by atoms with van der Waals surface area (Å²) >= 11 is 5.97. The van der Waals surface area contributed by atoms with E-state index in [9.17, 15) is 13.0 Å². The van der Waals surface area contributed by atoms with Gasteiger partial charge in [0.2, 0.25) is 0 Å². The maximum Gasteiger partial charge on any atom is 0.124 e. The van der Waals surface area contributed by atoms with E-state index >= 15 is 0 Å². The molecule has 1 unspecified atom stereocenters. The smallest absolute Gasteiger partial charge is 0.124 e. The second kappa shape index (κ2) is 16.1. The van der Waals surface area contributed by atoms with Crippen molar-refractivity contribution in [3.8, 4) is 0 Å². The molecule has 0 aliphatic rings. The Balaban J connectivity index is 0.000000604. The fourth-order valence-corrected chi connectivity index (χ4v) is 4.14. The van der Waals surface area contributed by atoms with Gasteiger partial charge >= 0.3 is 0 Å². The molecular weight excluding hydrogens is 406 g/mol. The molecule has 0 heterocycles. The van der Waals surface area contributed by atoms with Gasteiger partial charge < -0.3 is 9.04 Å². The topological polar surface area (TPSA) is 57.2 Å². The maximum absolute atomic E-state index is 10.4. The normalized spacial score (nSPS) is 13.4.